The lowest BCUT2D eigenvalue weighted by Crippen LogP contribution is -1.97. The normalized spacial score (nSPS) is 13.2. The molecule has 1 atom stereocenters. The molecule has 0 aliphatic heterocycles. The summed E-state index contributed by atoms with van der Waals surface area (Å²) in [5.41, 5.74) is 0. The summed E-state index contributed by atoms with van der Waals surface area (Å²) in [6.45, 7) is 7.43. The van der Waals surface area contributed by atoms with Crippen LogP contribution in [0.3, 0.4) is 0 Å². The molecule has 1 nitrogen and oxygen atoms in total. The number of hydrogen-bond donors (Lipinski definition) is 1. The molecule has 0 radical (unpaired) electrons. The van der Waals surface area contributed by atoms with Gasteiger partial charge in [-0.05, 0) is 18.3 Å². The lowest BCUT2D eigenvalue weighted by atomic mass is 9.95. The fourth-order valence-corrected chi connectivity index (χ4v) is 2.51. The molecule has 0 aromatic carbocycles. The van der Waals surface area contributed by atoms with Crippen molar-refractivity contribution < 1.29 is 5.11 Å². The van der Waals surface area contributed by atoms with E-state index in [0.29, 0.717) is 6.61 Å². The molecule has 1 N–H and O–H groups in total. The van der Waals surface area contributed by atoms with Gasteiger partial charge in [-0.1, -0.05) is 85.0 Å². The van der Waals surface area contributed by atoms with Crippen LogP contribution in [0.25, 0.3) is 0 Å². The Balaban J connectivity index is 3.12. The minimum atomic E-state index is 0.369. The second-order valence-corrected chi connectivity index (χ2v) is 6.42. The van der Waals surface area contributed by atoms with E-state index >= 15 is 0 Å². The van der Waals surface area contributed by atoms with Gasteiger partial charge < -0.3 is 5.11 Å². The van der Waals surface area contributed by atoms with Gasteiger partial charge in [0.1, 0.15) is 0 Å². The molecule has 110 valence electrons. The fraction of sp³-hybridized carbons (Fsp3) is 1.00. The number of aliphatic hydroxyl groups excluding tert-OH is 1. The van der Waals surface area contributed by atoms with E-state index < -0.39 is 0 Å². The van der Waals surface area contributed by atoms with Crippen molar-refractivity contribution in [2.75, 3.05) is 6.61 Å². The molecule has 18 heavy (non-hydrogen) atoms. The predicted molar refractivity (Wildman–Crippen MR) is 81.9 cm³/mol. The average Bonchev–Trinajstić information content (AvgIpc) is 2.32. The summed E-state index contributed by atoms with van der Waals surface area (Å²) in [4.78, 5) is 0. The van der Waals surface area contributed by atoms with E-state index in [9.17, 15) is 0 Å². The lowest BCUT2D eigenvalue weighted by Gasteiger charge is -2.12. The zero-order valence-electron chi connectivity index (χ0n) is 13.1. The maximum absolute atomic E-state index is 8.67. The third-order valence-electron chi connectivity index (χ3n) is 3.83. The topological polar surface area (TPSA) is 20.2 Å². The van der Waals surface area contributed by atoms with Gasteiger partial charge >= 0.3 is 0 Å². The molecule has 0 heterocycles. The number of unbranched alkanes of at least 4 members (excludes halogenated alkanes) is 6. The zero-order chi connectivity index (χ0) is 13.6. The summed E-state index contributed by atoms with van der Waals surface area (Å²) in [5, 5.41) is 8.67. The minimum absolute atomic E-state index is 0.369. The van der Waals surface area contributed by atoms with Crippen LogP contribution in [0.15, 0.2) is 0 Å². The Morgan fingerprint density at radius 1 is 0.611 bits per heavy atom. The molecule has 0 unspecified atom stereocenters. The largest absolute Gasteiger partial charge is 0.396 e. The van der Waals surface area contributed by atoms with Crippen LogP contribution in [0, 0.1) is 11.8 Å². The maximum atomic E-state index is 8.67. The summed E-state index contributed by atoms with van der Waals surface area (Å²) < 4.78 is 0. The van der Waals surface area contributed by atoms with Crippen molar-refractivity contribution in [3.8, 4) is 0 Å². The quantitative estimate of drug-likeness (QED) is 0.428. The van der Waals surface area contributed by atoms with Crippen molar-refractivity contribution in [2.24, 2.45) is 11.8 Å². The highest BCUT2D eigenvalue weighted by molar-refractivity contribution is 4.56. The van der Waals surface area contributed by atoms with Crippen LogP contribution >= 0.6 is 0 Å². The highest BCUT2D eigenvalue weighted by Crippen LogP contribution is 2.18. The van der Waals surface area contributed by atoms with Gasteiger partial charge in [-0.3, -0.25) is 0 Å². The molecule has 0 aromatic heterocycles. The van der Waals surface area contributed by atoms with Crippen molar-refractivity contribution in [1.29, 1.82) is 0 Å². The van der Waals surface area contributed by atoms with Gasteiger partial charge in [0.25, 0.3) is 0 Å². The first-order valence-electron chi connectivity index (χ1n) is 8.27. The smallest absolute Gasteiger partial charge is 0.0431 e. The van der Waals surface area contributed by atoms with Crippen LogP contribution in [-0.2, 0) is 0 Å². The molecule has 0 aliphatic rings. The first-order valence-corrected chi connectivity index (χ1v) is 8.27. The molecule has 0 rings (SSSR count). The van der Waals surface area contributed by atoms with E-state index in [4.69, 9.17) is 5.11 Å². The first-order chi connectivity index (χ1) is 8.66. The van der Waals surface area contributed by atoms with E-state index in [1.54, 1.807) is 0 Å². The Hall–Kier alpha value is -0.0400. The zero-order valence-corrected chi connectivity index (χ0v) is 13.1. The van der Waals surface area contributed by atoms with Crippen LogP contribution in [-0.4, -0.2) is 11.7 Å². The van der Waals surface area contributed by atoms with Gasteiger partial charge in [0.05, 0.1) is 0 Å². The summed E-state index contributed by atoms with van der Waals surface area (Å²) in [7, 11) is 0. The van der Waals surface area contributed by atoms with Gasteiger partial charge in [-0.2, -0.15) is 0 Å². The Morgan fingerprint density at radius 3 is 1.67 bits per heavy atom. The molecule has 0 aromatic rings. The molecular weight excluding hydrogens is 220 g/mol. The molecule has 0 spiro atoms. The summed E-state index contributed by atoms with van der Waals surface area (Å²) >= 11 is 0. The summed E-state index contributed by atoms with van der Waals surface area (Å²) in [5.74, 6) is 1.80. The average molecular weight is 256 g/mol. The molecule has 0 fully saturated rings. The van der Waals surface area contributed by atoms with Crippen LogP contribution in [0.2, 0.25) is 0 Å². The van der Waals surface area contributed by atoms with E-state index in [-0.39, 0.29) is 0 Å². The van der Waals surface area contributed by atoms with Gasteiger partial charge in [0, 0.05) is 6.61 Å². The van der Waals surface area contributed by atoms with E-state index in [0.717, 1.165) is 18.3 Å². The van der Waals surface area contributed by atoms with Crippen molar-refractivity contribution in [2.45, 2.75) is 91.4 Å². The third kappa shape index (κ3) is 14.0. The van der Waals surface area contributed by atoms with Crippen LogP contribution in [0.5, 0.6) is 0 Å². The van der Waals surface area contributed by atoms with Crippen LogP contribution in [0.1, 0.15) is 91.4 Å². The fourth-order valence-electron chi connectivity index (χ4n) is 2.51. The van der Waals surface area contributed by atoms with Crippen LogP contribution < -0.4 is 0 Å². The van der Waals surface area contributed by atoms with Gasteiger partial charge in [-0.25, -0.2) is 0 Å². The molecule has 0 saturated heterocycles. The predicted octanol–water partition coefficient (Wildman–Crippen LogP) is 5.56. The maximum Gasteiger partial charge on any atom is 0.0431 e. The van der Waals surface area contributed by atoms with Crippen molar-refractivity contribution in [3.63, 3.8) is 0 Å². The van der Waals surface area contributed by atoms with E-state index in [1.165, 1.54) is 64.2 Å². The standard InChI is InChI=1S/C17H36O/c1-16(2)12-11-14-17(3)13-9-7-5-4-6-8-10-15-18/h16-18H,4-15H2,1-3H3/t17-/m0/s1. The third-order valence-corrected chi connectivity index (χ3v) is 3.83. The number of aliphatic hydroxyl groups is 1. The van der Waals surface area contributed by atoms with Gasteiger partial charge in [0.2, 0.25) is 0 Å². The second kappa shape index (κ2) is 13.4. The van der Waals surface area contributed by atoms with Crippen molar-refractivity contribution >= 4 is 0 Å². The highest BCUT2D eigenvalue weighted by atomic mass is 16.2. The van der Waals surface area contributed by atoms with Gasteiger partial charge in [0.15, 0.2) is 0 Å². The molecule has 1 heteroatoms. The molecule has 0 bridgehead atoms. The monoisotopic (exact) mass is 256 g/mol. The summed E-state index contributed by atoms with van der Waals surface area (Å²) in [6.07, 6.45) is 14.8. The lowest BCUT2D eigenvalue weighted by molar-refractivity contribution is 0.282. The molecule has 0 aliphatic carbocycles. The van der Waals surface area contributed by atoms with E-state index in [1.807, 2.05) is 0 Å². The molecule has 0 saturated carbocycles. The van der Waals surface area contributed by atoms with Crippen molar-refractivity contribution in [3.05, 3.63) is 0 Å². The first kappa shape index (κ1) is 18.0. The Morgan fingerprint density at radius 2 is 1.11 bits per heavy atom. The number of hydrogen-bond acceptors (Lipinski definition) is 1. The second-order valence-electron chi connectivity index (χ2n) is 6.42. The van der Waals surface area contributed by atoms with Crippen LogP contribution in [0.4, 0.5) is 0 Å². The van der Waals surface area contributed by atoms with E-state index in [2.05, 4.69) is 20.8 Å². The Labute approximate surface area is 115 Å². The highest BCUT2D eigenvalue weighted by Gasteiger charge is 2.03. The minimum Gasteiger partial charge on any atom is -0.396 e. The Kier molecular flexibility index (Phi) is 13.4. The molecular formula is C17H36O. The molecule has 0 amide bonds. The van der Waals surface area contributed by atoms with Gasteiger partial charge in [-0.15, -0.1) is 0 Å². The SMILES string of the molecule is CC(C)CCC[C@@H](C)CCCCCCCCCO. The summed E-state index contributed by atoms with van der Waals surface area (Å²) in [6, 6.07) is 0. The van der Waals surface area contributed by atoms with Crippen molar-refractivity contribution in [1.82, 2.24) is 0 Å². The Bertz CT molecular complexity index is 154. The number of rotatable bonds is 13.